The molecular weight excluding hydrogens is 368 g/mol. The van der Waals surface area contributed by atoms with Crippen molar-refractivity contribution in [3.05, 3.63) is 52.8 Å². The van der Waals surface area contributed by atoms with E-state index in [-0.39, 0.29) is 17.3 Å². The van der Waals surface area contributed by atoms with Crippen LogP contribution in [0.25, 0.3) is 5.69 Å². The number of alkyl halides is 3. The third kappa shape index (κ3) is 3.36. The summed E-state index contributed by atoms with van der Waals surface area (Å²) in [7, 11) is 1.67. The van der Waals surface area contributed by atoms with E-state index in [1.807, 2.05) is 0 Å². The SMILES string of the molecule is Cn1cnc(Cc2cc(C(F)(F)Cl)nn2-c2cnc(Cl)c(F)c2)n1. The molecule has 0 aromatic carbocycles. The quantitative estimate of drug-likeness (QED) is 0.518. The lowest BCUT2D eigenvalue weighted by molar-refractivity contribution is 0.0895. The molecule has 0 unspecified atom stereocenters. The molecule has 0 fully saturated rings. The zero-order valence-corrected chi connectivity index (χ0v) is 13.6. The van der Waals surface area contributed by atoms with Crippen LogP contribution in [0.2, 0.25) is 5.15 Å². The zero-order valence-electron chi connectivity index (χ0n) is 12.1. The minimum absolute atomic E-state index is 0.0883. The molecule has 3 aromatic rings. The lowest BCUT2D eigenvalue weighted by Crippen LogP contribution is -2.08. The normalized spacial score (nSPS) is 11.9. The second kappa shape index (κ2) is 6.06. The summed E-state index contributed by atoms with van der Waals surface area (Å²) < 4.78 is 43.0. The standard InChI is InChI=1S/C13H9Cl2F3N6/c1-23-6-20-11(22-23)4-7-3-10(13(15,17)18)21-24(7)8-2-9(16)12(14)19-5-8/h2-3,5-6H,4H2,1H3. The first-order valence-corrected chi connectivity index (χ1v) is 7.31. The van der Waals surface area contributed by atoms with Crippen LogP contribution in [0.15, 0.2) is 24.7 Å². The molecule has 6 nitrogen and oxygen atoms in total. The monoisotopic (exact) mass is 376 g/mol. The van der Waals surface area contributed by atoms with Crippen molar-refractivity contribution in [2.45, 2.75) is 11.8 Å². The highest BCUT2D eigenvalue weighted by molar-refractivity contribution is 6.29. The largest absolute Gasteiger partial charge is 0.366 e. The number of pyridine rings is 1. The van der Waals surface area contributed by atoms with Gasteiger partial charge in [-0.1, -0.05) is 11.6 Å². The van der Waals surface area contributed by atoms with E-state index < -0.39 is 16.9 Å². The lowest BCUT2D eigenvalue weighted by Gasteiger charge is -2.06. The molecule has 3 rings (SSSR count). The first kappa shape index (κ1) is 16.7. The highest BCUT2D eigenvalue weighted by Gasteiger charge is 2.33. The predicted octanol–water partition coefficient (Wildman–Crippen LogP) is 3.07. The molecule has 24 heavy (non-hydrogen) atoms. The Hall–Kier alpha value is -2.13. The summed E-state index contributed by atoms with van der Waals surface area (Å²) >= 11 is 10.6. The van der Waals surface area contributed by atoms with Crippen LogP contribution in [-0.4, -0.2) is 29.5 Å². The first-order chi connectivity index (χ1) is 11.2. The Morgan fingerprint density at radius 1 is 1.21 bits per heavy atom. The molecule has 0 N–H and O–H groups in total. The molecule has 0 aliphatic carbocycles. The fraction of sp³-hybridized carbons (Fsp3) is 0.231. The van der Waals surface area contributed by atoms with Crippen LogP contribution in [0.4, 0.5) is 13.2 Å². The molecule has 0 radical (unpaired) electrons. The van der Waals surface area contributed by atoms with Gasteiger partial charge in [-0.15, -0.1) is 0 Å². The van der Waals surface area contributed by atoms with Gasteiger partial charge < -0.3 is 0 Å². The van der Waals surface area contributed by atoms with Crippen LogP contribution in [-0.2, 0) is 18.9 Å². The number of nitrogens with zero attached hydrogens (tertiary/aromatic N) is 6. The molecule has 3 aromatic heterocycles. The highest BCUT2D eigenvalue weighted by Crippen LogP contribution is 2.32. The van der Waals surface area contributed by atoms with Gasteiger partial charge in [0.25, 0.3) is 0 Å². The molecule has 126 valence electrons. The van der Waals surface area contributed by atoms with Crippen molar-refractivity contribution in [3.63, 3.8) is 0 Å². The van der Waals surface area contributed by atoms with Crippen molar-refractivity contribution >= 4 is 23.2 Å². The minimum atomic E-state index is -3.67. The maximum absolute atomic E-state index is 13.6. The second-order valence-corrected chi connectivity index (χ2v) is 5.74. The van der Waals surface area contributed by atoms with E-state index in [0.29, 0.717) is 11.5 Å². The van der Waals surface area contributed by atoms with Gasteiger partial charge in [0.05, 0.1) is 24.0 Å². The summed E-state index contributed by atoms with van der Waals surface area (Å²) in [5, 5.41) is 3.82. The van der Waals surface area contributed by atoms with Crippen molar-refractivity contribution in [1.29, 1.82) is 0 Å². The topological polar surface area (TPSA) is 61.4 Å². The molecule has 0 aliphatic rings. The van der Waals surface area contributed by atoms with Gasteiger partial charge in [-0.3, -0.25) is 4.68 Å². The van der Waals surface area contributed by atoms with Crippen LogP contribution >= 0.6 is 23.2 Å². The van der Waals surface area contributed by atoms with Crippen molar-refractivity contribution in [3.8, 4) is 5.69 Å². The van der Waals surface area contributed by atoms with Crippen molar-refractivity contribution in [2.24, 2.45) is 7.05 Å². The molecule has 11 heteroatoms. The van der Waals surface area contributed by atoms with E-state index in [9.17, 15) is 13.2 Å². The van der Waals surface area contributed by atoms with Gasteiger partial charge in [-0.05, 0) is 17.7 Å². The van der Waals surface area contributed by atoms with E-state index >= 15 is 0 Å². The van der Waals surface area contributed by atoms with Crippen molar-refractivity contribution < 1.29 is 13.2 Å². The molecule has 0 aliphatic heterocycles. The molecule has 0 amide bonds. The molecule has 0 atom stereocenters. The fourth-order valence-corrected chi connectivity index (χ4v) is 2.26. The molecule has 0 saturated carbocycles. The number of aromatic nitrogens is 6. The summed E-state index contributed by atoms with van der Waals surface area (Å²) in [6, 6.07) is 2.14. The van der Waals surface area contributed by atoms with Gasteiger partial charge >= 0.3 is 5.38 Å². The maximum Gasteiger partial charge on any atom is 0.366 e. The Morgan fingerprint density at radius 3 is 2.54 bits per heavy atom. The summed E-state index contributed by atoms with van der Waals surface area (Å²) in [5.74, 6) is -0.420. The summed E-state index contributed by atoms with van der Waals surface area (Å²) in [6.07, 6.45) is 2.77. The lowest BCUT2D eigenvalue weighted by atomic mass is 10.2. The molecule has 3 heterocycles. The smallest absolute Gasteiger partial charge is 0.256 e. The fourth-order valence-electron chi connectivity index (χ4n) is 2.06. The van der Waals surface area contributed by atoms with Gasteiger partial charge in [-0.2, -0.15) is 19.0 Å². The number of hydrogen-bond acceptors (Lipinski definition) is 4. The number of rotatable bonds is 4. The Bertz CT molecular complexity index is 886. The molecule has 0 bridgehead atoms. The molecule has 0 saturated heterocycles. The Balaban J connectivity index is 2.08. The Morgan fingerprint density at radius 2 is 1.96 bits per heavy atom. The average Bonchev–Trinajstić information content (AvgIpc) is 3.09. The number of halogens is 5. The average molecular weight is 377 g/mol. The summed E-state index contributed by atoms with van der Waals surface area (Å²) in [6.45, 7) is 0. The Labute approximate surface area is 143 Å². The van der Waals surface area contributed by atoms with E-state index in [0.717, 1.165) is 16.8 Å². The number of hydrogen-bond donors (Lipinski definition) is 0. The summed E-state index contributed by atoms with van der Waals surface area (Å²) in [5.41, 5.74) is -0.263. The van der Waals surface area contributed by atoms with Crippen LogP contribution in [0.3, 0.4) is 0 Å². The van der Waals surface area contributed by atoms with Crippen LogP contribution < -0.4 is 0 Å². The zero-order chi connectivity index (χ0) is 17.5. The third-order valence-electron chi connectivity index (χ3n) is 3.09. The molecule has 0 spiro atoms. The highest BCUT2D eigenvalue weighted by atomic mass is 35.5. The van der Waals surface area contributed by atoms with E-state index in [1.54, 1.807) is 7.05 Å². The van der Waals surface area contributed by atoms with E-state index in [2.05, 4.69) is 20.2 Å². The van der Waals surface area contributed by atoms with Crippen LogP contribution in [0.5, 0.6) is 0 Å². The third-order valence-corrected chi connectivity index (χ3v) is 3.56. The van der Waals surface area contributed by atoms with Crippen LogP contribution in [0.1, 0.15) is 17.2 Å². The van der Waals surface area contributed by atoms with Gasteiger partial charge in [0.15, 0.2) is 16.8 Å². The molecular formula is C13H9Cl2F3N6. The van der Waals surface area contributed by atoms with Gasteiger partial charge in [-0.25, -0.2) is 19.0 Å². The van der Waals surface area contributed by atoms with Crippen molar-refractivity contribution in [1.82, 2.24) is 29.5 Å². The first-order valence-electron chi connectivity index (χ1n) is 6.56. The van der Waals surface area contributed by atoms with E-state index in [4.69, 9.17) is 23.2 Å². The Kier molecular flexibility index (Phi) is 4.22. The number of aryl methyl sites for hydroxylation is 1. The summed E-state index contributed by atoms with van der Waals surface area (Å²) in [4.78, 5) is 7.68. The predicted molar refractivity (Wildman–Crippen MR) is 79.9 cm³/mol. The van der Waals surface area contributed by atoms with Gasteiger partial charge in [0, 0.05) is 13.1 Å². The van der Waals surface area contributed by atoms with Crippen molar-refractivity contribution in [2.75, 3.05) is 0 Å². The van der Waals surface area contributed by atoms with Gasteiger partial charge in [0.1, 0.15) is 12.0 Å². The maximum atomic E-state index is 13.6. The van der Waals surface area contributed by atoms with Gasteiger partial charge in [0.2, 0.25) is 0 Å². The minimum Gasteiger partial charge on any atom is -0.256 e. The van der Waals surface area contributed by atoms with Crippen LogP contribution in [0, 0.1) is 5.82 Å². The second-order valence-electron chi connectivity index (χ2n) is 4.91. The van der Waals surface area contributed by atoms with E-state index in [1.165, 1.54) is 17.2 Å².